The maximum absolute atomic E-state index is 13.7. The van der Waals surface area contributed by atoms with Gasteiger partial charge in [-0.15, -0.1) is 0 Å². The summed E-state index contributed by atoms with van der Waals surface area (Å²) in [6, 6.07) is 11.2. The van der Waals surface area contributed by atoms with E-state index in [1.165, 1.54) is 31.7 Å². The first kappa shape index (κ1) is 12.2. The molecule has 0 amide bonds. The fraction of sp³-hybridized carbons (Fsp3) is 0.312. The molecule has 0 atom stereocenters. The first-order chi connectivity index (χ1) is 9.33. The molecule has 0 spiro atoms. The van der Waals surface area contributed by atoms with E-state index in [4.69, 9.17) is 0 Å². The van der Waals surface area contributed by atoms with Crippen LogP contribution in [0.1, 0.15) is 25.7 Å². The molecule has 0 aliphatic heterocycles. The number of rotatable bonds is 3. The lowest BCUT2D eigenvalue weighted by atomic mass is 10.1. The highest BCUT2D eigenvalue weighted by molar-refractivity contribution is 5.64. The van der Waals surface area contributed by atoms with Crippen molar-refractivity contribution in [3.8, 4) is 11.1 Å². The monoisotopic (exact) mass is 256 g/mol. The van der Waals surface area contributed by atoms with Crippen molar-refractivity contribution < 1.29 is 4.39 Å². The van der Waals surface area contributed by atoms with Gasteiger partial charge in [0.1, 0.15) is 11.6 Å². The Hall–Kier alpha value is -1.90. The molecule has 1 N–H and O–H groups in total. The summed E-state index contributed by atoms with van der Waals surface area (Å²) in [7, 11) is 0. The largest absolute Gasteiger partial charge is 0.367 e. The van der Waals surface area contributed by atoms with E-state index >= 15 is 0 Å². The fourth-order valence-electron chi connectivity index (χ4n) is 2.61. The molecular weight excluding hydrogens is 239 g/mol. The van der Waals surface area contributed by atoms with Crippen LogP contribution in [0.25, 0.3) is 11.1 Å². The molecule has 1 aromatic heterocycles. The van der Waals surface area contributed by atoms with Crippen molar-refractivity contribution in [2.75, 3.05) is 5.32 Å². The van der Waals surface area contributed by atoms with Gasteiger partial charge in [-0.05, 0) is 31.0 Å². The second-order valence-electron chi connectivity index (χ2n) is 5.04. The molecule has 98 valence electrons. The van der Waals surface area contributed by atoms with Crippen LogP contribution in [0.5, 0.6) is 0 Å². The van der Waals surface area contributed by atoms with Crippen LogP contribution >= 0.6 is 0 Å². The third kappa shape index (κ3) is 2.75. The van der Waals surface area contributed by atoms with Crippen LogP contribution < -0.4 is 5.32 Å². The van der Waals surface area contributed by atoms with Crippen LogP contribution in [0.3, 0.4) is 0 Å². The molecular formula is C16H17FN2. The van der Waals surface area contributed by atoms with Crippen molar-refractivity contribution in [2.45, 2.75) is 31.7 Å². The molecule has 3 heteroatoms. The Morgan fingerprint density at radius 3 is 2.53 bits per heavy atom. The van der Waals surface area contributed by atoms with Crippen molar-refractivity contribution in [2.24, 2.45) is 0 Å². The molecule has 1 aliphatic carbocycles. The number of nitrogens with one attached hydrogen (secondary N) is 1. The minimum absolute atomic E-state index is 0.208. The van der Waals surface area contributed by atoms with Gasteiger partial charge in [-0.3, -0.25) is 0 Å². The van der Waals surface area contributed by atoms with E-state index < -0.39 is 0 Å². The summed E-state index contributed by atoms with van der Waals surface area (Å²) in [6.07, 6.45) is 6.76. The van der Waals surface area contributed by atoms with E-state index in [0.717, 1.165) is 11.4 Å². The average molecular weight is 256 g/mol. The molecule has 1 fully saturated rings. The van der Waals surface area contributed by atoms with Gasteiger partial charge in [0.05, 0.1) is 0 Å². The third-order valence-corrected chi connectivity index (χ3v) is 3.66. The first-order valence-electron chi connectivity index (χ1n) is 6.80. The molecule has 1 saturated carbocycles. The lowest BCUT2D eigenvalue weighted by Gasteiger charge is -2.12. The zero-order chi connectivity index (χ0) is 13.1. The van der Waals surface area contributed by atoms with Crippen molar-refractivity contribution in [1.29, 1.82) is 0 Å². The second-order valence-corrected chi connectivity index (χ2v) is 5.04. The van der Waals surface area contributed by atoms with Crippen molar-refractivity contribution >= 4 is 5.82 Å². The maximum Gasteiger partial charge on any atom is 0.131 e. The van der Waals surface area contributed by atoms with Gasteiger partial charge in [0.15, 0.2) is 0 Å². The molecule has 2 nitrogen and oxygen atoms in total. The van der Waals surface area contributed by atoms with E-state index in [9.17, 15) is 4.39 Å². The second kappa shape index (κ2) is 5.39. The van der Waals surface area contributed by atoms with E-state index in [0.29, 0.717) is 11.6 Å². The SMILES string of the molecule is Fc1ccccc1-c1ccc(NC2CCCC2)nc1. The molecule has 1 aliphatic rings. The quantitative estimate of drug-likeness (QED) is 0.888. The highest BCUT2D eigenvalue weighted by Gasteiger charge is 2.14. The fourth-order valence-corrected chi connectivity index (χ4v) is 2.61. The summed E-state index contributed by atoms with van der Waals surface area (Å²) in [5, 5.41) is 3.43. The molecule has 0 saturated heterocycles. The molecule has 0 radical (unpaired) electrons. The Balaban J connectivity index is 1.77. The molecule has 0 bridgehead atoms. The summed E-state index contributed by atoms with van der Waals surface area (Å²) in [6.45, 7) is 0. The topological polar surface area (TPSA) is 24.9 Å². The lowest BCUT2D eigenvalue weighted by Crippen LogP contribution is -2.15. The Kier molecular flexibility index (Phi) is 3.45. The zero-order valence-electron chi connectivity index (χ0n) is 10.8. The lowest BCUT2D eigenvalue weighted by molar-refractivity contribution is 0.631. The van der Waals surface area contributed by atoms with Gasteiger partial charge in [0.2, 0.25) is 0 Å². The van der Waals surface area contributed by atoms with Crippen LogP contribution in [0, 0.1) is 5.82 Å². The third-order valence-electron chi connectivity index (χ3n) is 3.66. The molecule has 0 unspecified atom stereocenters. The zero-order valence-corrected chi connectivity index (χ0v) is 10.8. The van der Waals surface area contributed by atoms with Crippen LogP contribution in [0.15, 0.2) is 42.6 Å². The number of hydrogen-bond donors (Lipinski definition) is 1. The number of anilines is 1. The van der Waals surface area contributed by atoms with Crippen molar-refractivity contribution in [3.05, 3.63) is 48.4 Å². The number of hydrogen-bond acceptors (Lipinski definition) is 2. The average Bonchev–Trinajstić information content (AvgIpc) is 2.93. The van der Waals surface area contributed by atoms with Crippen molar-refractivity contribution in [1.82, 2.24) is 4.98 Å². The van der Waals surface area contributed by atoms with Gasteiger partial charge in [-0.1, -0.05) is 31.0 Å². The smallest absolute Gasteiger partial charge is 0.131 e. The Morgan fingerprint density at radius 1 is 1.05 bits per heavy atom. The van der Waals surface area contributed by atoms with Gasteiger partial charge < -0.3 is 5.32 Å². The minimum atomic E-state index is -0.208. The van der Waals surface area contributed by atoms with Crippen LogP contribution in [-0.4, -0.2) is 11.0 Å². The molecule has 1 heterocycles. The normalized spacial score (nSPS) is 15.6. The van der Waals surface area contributed by atoms with Crippen LogP contribution in [-0.2, 0) is 0 Å². The number of nitrogens with zero attached hydrogens (tertiary/aromatic N) is 1. The molecule has 19 heavy (non-hydrogen) atoms. The number of aromatic nitrogens is 1. The Labute approximate surface area is 112 Å². The minimum Gasteiger partial charge on any atom is -0.367 e. The van der Waals surface area contributed by atoms with E-state index in [2.05, 4.69) is 10.3 Å². The Bertz CT molecular complexity index is 545. The Morgan fingerprint density at radius 2 is 1.84 bits per heavy atom. The molecule has 1 aromatic carbocycles. The highest BCUT2D eigenvalue weighted by Crippen LogP contribution is 2.24. The molecule has 2 aromatic rings. The number of pyridine rings is 1. The van der Waals surface area contributed by atoms with E-state index in [1.807, 2.05) is 18.2 Å². The van der Waals surface area contributed by atoms with Gasteiger partial charge in [0.25, 0.3) is 0 Å². The summed E-state index contributed by atoms with van der Waals surface area (Å²) in [5.74, 6) is 0.674. The summed E-state index contributed by atoms with van der Waals surface area (Å²) < 4.78 is 13.7. The predicted molar refractivity (Wildman–Crippen MR) is 75.5 cm³/mol. The summed E-state index contributed by atoms with van der Waals surface area (Å²) in [5.41, 5.74) is 1.41. The first-order valence-corrected chi connectivity index (χ1v) is 6.80. The van der Waals surface area contributed by atoms with Crippen molar-refractivity contribution in [3.63, 3.8) is 0 Å². The van der Waals surface area contributed by atoms with Crippen LogP contribution in [0.2, 0.25) is 0 Å². The maximum atomic E-state index is 13.7. The van der Waals surface area contributed by atoms with E-state index in [-0.39, 0.29) is 5.82 Å². The highest BCUT2D eigenvalue weighted by atomic mass is 19.1. The van der Waals surface area contributed by atoms with Crippen LogP contribution in [0.4, 0.5) is 10.2 Å². The number of halogens is 1. The van der Waals surface area contributed by atoms with Gasteiger partial charge in [-0.2, -0.15) is 0 Å². The molecule has 3 rings (SSSR count). The number of benzene rings is 1. The van der Waals surface area contributed by atoms with E-state index in [1.54, 1.807) is 18.3 Å². The van der Waals surface area contributed by atoms with Gasteiger partial charge in [0, 0.05) is 23.4 Å². The van der Waals surface area contributed by atoms with Gasteiger partial charge >= 0.3 is 0 Å². The summed E-state index contributed by atoms with van der Waals surface area (Å²) >= 11 is 0. The predicted octanol–water partition coefficient (Wildman–Crippen LogP) is 4.24. The van der Waals surface area contributed by atoms with Gasteiger partial charge in [-0.25, -0.2) is 9.37 Å². The summed E-state index contributed by atoms with van der Waals surface area (Å²) in [4.78, 5) is 4.38. The standard InChI is InChI=1S/C16H17FN2/c17-15-8-4-3-7-14(15)12-9-10-16(18-11-12)19-13-5-1-2-6-13/h3-4,7-11,13H,1-2,5-6H2,(H,18,19).